The minimum atomic E-state index is -3.57. The number of carbonyl (C=O) groups is 1. The van der Waals surface area contributed by atoms with Gasteiger partial charge in [0.25, 0.3) is 5.91 Å². The summed E-state index contributed by atoms with van der Waals surface area (Å²) in [7, 11) is -2.02. The molecule has 0 N–H and O–H groups in total. The van der Waals surface area contributed by atoms with Crippen molar-refractivity contribution in [2.24, 2.45) is 5.92 Å². The highest BCUT2D eigenvalue weighted by Gasteiger charge is 2.32. The van der Waals surface area contributed by atoms with Gasteiger partial charge in [0.1, 0.15) is 5.75 Å². The first kappa shape index (κ1) is 20.4. The molecule has 1 aliphatic carbocycles. The molecule has 1 amide bonds. The van der Waals surface area contributed by atoms with Gasteiger partial charge in [0.05, 0.1) is 17.6 Å². The number of carbonyl (C=O) groups excluding carboxylic acids is 1. The molecule has 1 aromatic carbocycles. The van der Waals surface area contributed by atoms with Gasteiger partial charge in [0.15, 0.2) is 0 Å². The maximum Gasteiger partial charge on any atom is 0.255 e. The molecule has 2 aliphatic rings. The van der Waals surface area contributed by atoms with Crippen molar-refractivity contribution in [1.82, 2.24) is 9.21 Å². The Morgan fingerprint density at radius 2 is 1.83 bits per heavy atom. The average Bonchev–Trinajstić information content (AvgIpc) is 3.16. The van der Waals surface area contributed by atoms with E-state index in [-0.39, 0.29) is 10.8 Å². The maximum atomic E-state index is 13.1. The third-order valence-corrected chi connectivity index (χ3v) is 8.82. The molecule has 0 unspecified atom stereocenters. The van der Waals surface area contributed by atoms with Gasteiger partial charge in [-0.1, -0.05) is 6.92 Å². The van der Waals surface area contributed by atoms with E-state index in [1.807, 2.05) is 5.38 Å². The van der Waals surface area contributed by atoms with E-state index in [0.717, 1.165) is 24.8 Å². The second-order valence-corrected chi connectivity index (χ2v) is 10.7. The van der Waals surface area contributed by atoms with Crippen molar-refractivity contribution in [1.29, 1.82) is 0 Å². The van der Waals surface area contributed by atoms with Gasteiger partial charge >= 0.3 is 0 Å². The standard InChI is InChI=1S/C21H26N2O4S2/c1-15-3-8-18-19(14-28-20(18)13-15)21(24)22-9-11-23(12-10-22)29(25,26)17-6-4-16(27-2)5-7-17/h4-7,14-15H,3,8-13H2,1-2H3/t15-/m1/s1. The number of methoxy groups -OCH3 is 1. The van der Waals surface area contributed by atoms with Gasteiger partial charge in [-0.2, -0.15) is 4.31 Å². The van der Waals surface area contributed by atoms with Crippen LogP contribution >= 0.6 is 11.3 Å². The van der Waals surface area contributed by atoms with Crippen molar-refractivity contribution in [3.05, 3.63) is 45.6 Å². The summed E-state index contributed by atoms with van der Waals surface area (Å²) in [5.74, 6) is 1.34. The molecule has 29 heavy (non-hydrogen) atoms. The predicted octanol–water partition coefficient (Wildman–Crippen LogP) is 3.03. The Hall–Kier alpha value is -1.90. The van der Waals surface area contributed by atoms with Crippen molar-refractivity contribution in [3.63, 3.8) is 0 Å². The Kier molecular flexibility index (Phi) is 5.68. The highest BCUT2D eigenvalue weighted by atomic mass is 32.2. The van der Waals surface area contributed by atoms with E-state index in [0.29, 0.717) is 37.8 Å². The van der Waals surface area contributed by atoms with Gasteiger partial charge in [0, 0.05) is 36.4 Å². The van der Waals surface area contributed by atoms with Crippen LogP contribution in [0.4, 0.5) is 0 Å². The molecule has 6 nitrogen and oxygen atoms in total. The number of hydrogen-bond acceptors (Lipinski definition) is 5. The number of hydrogen-bond donors (Lipinski definition) is 0. The summed E-state index contributed by atoms with van der Waals surface area (Å²) in [5, 5.41) is 1.99. The van der Waals surface area contributed by atoms with E-state index < -0.39 is 10.0 Å². The predicted molar refractivity (Wildman–Crippen MR) is 113 cm³/mol. The molecule has 1 saturated heterocycles. The molecule has 156 valence electrons. The van der Waals surface area contributed by atoms with Crippen molar-refractivity contribution in [3.8, 4) is 5.75 Å². The number of piperazine rings is 1. The van der Waals surface area contributed by atoms with Crippen LogP contribution in [-0.2, 0) is 22.9 Å². The number of amides is 1. The SMILES string of the molecule is COc1ccc(S(=O)(=O)N2CCN(C(=O)c3csc4c3CC[C@@H](C)C4)CC2)cc1. The molecule has 1 aromatic heterocycles. The summed E-state index contributed by atoms with van der Waals surface area (Å²) in [6.45, 7) is 3.70. The van der Waals surface area contributed by atoms with Crippen molar-refractivity contribution in [2.75, 3.05) is 33.3 Å². The van der Waals surface area contributed by atoms with Crippen molar-refractivity contribution < 1.29 is 17.9 Å². The molecule has 0 saturated carbocycles. The third kappa shape index (κ3) is 3.93. The number of rotatable bonds is 4. The monoisotopic (exact) mass is 434 g/mol. The highest BCUT2D eigenvalue weighted by Crippen LogP contribution is 2.33. The van der Waals surface area contributed by atoms with E-state index in [4.69, 9.17) is 4.74 Å². The van der Waals surface area contributed by atoms with Crippen molar-refractivity contribution in [2.45, 2.75) is 31.1 Å². The van der Waals surface area contributed by atoms with E-state index in [1.165, 1.54) is 14.7 Å². The summed E-state index contributed by atoms with van der Waals surface area (Å²) in [6, 6.07) is 6.41. The molecule has 4 rings (SSSR count). The zero-order valence-electron chi connectivity index (χ0n) is 16.8. The molecule has 1 aliphatic heterocycles. The first-order valence-electron chi connectivity index (χ1n) is 9.93. The Bertz CT molecular complexity index is 990. The summed E-state index contributed by atoms with van der Waals surface area (Å²) in [5.41, 5.74) is 2.04. The number of fused-ring (bicyclic) bond motifs is 1. The molecule has 8 heteroatoms. The van der Waals surface area contributed by atoms with Crippen LogP contribution in [0.1, 0.15) is 34.1 Å². The first-order chi connectivity index (χ1) is 13.9. The summed E-state index contributed by atoms with van der Waals surface area (Å²) < 4.78 is 32.4. The average molecular weight is 435 g/mol. The van der Waals surface area contributed by atoms with E-state index in [2.05, 4.69) is 6.92 Å². The quantitative estimate of drug-likeness (QED) is 0.742. The molecular weight excluding hydrogens is 408 g/mol. The fourth-order valence-electron chi connectivity index (χ4n) is 4.06. The third-order valence-electron chi connectivity index (χ3n) is 5.86. The van der Waals surface area contributed by atoms with Gasteiger partial charge in [-0.3, -0.25) is 4.79 Å². The molecule has 1 fully saturated rings. The van der Waals surface area contributed by atoms with Crippen LogP contribution < -0.4 is 4.74 Å². The second kappa shape index (κ2) is 8.08. The highest BCUT2D eigenvalue weighted by molar-refractivity contribution is 7.89. The Labute approximate surface area is 176 Å². The van der Waals surface area contributed by atoms with Gasteiger partial charge in [0.2, 0.25) is 10.0 Å². The smallest absolute Gasteiger partial charge is 0.255 e. The number of nitrogens with zero attached hydrogens (tertiary/aromatic N) is 2. The van der Waals surface area contributed by atoms with Gasteiger partial charge < -0.3 is 9.64 Å². The van der Waals surface area contributed by atoms with Gasteiger partial charge in [-0.15, -0.1) is 11.3 Å². The second-order valence-electron chi connectivity index (χ2n) is 7.77. The van der Waals surface area contributed by atoms with Crippen LogP contribution in [0.5, 0.6) is 5.75 Å². The summed E-state index contributed by atoms with van der Waals surface area (Å²) >= 11 is 1.69. The molecule has 0 bridgehead atoms. The van der Waals surface area contributed by atoms with Crippen molar-refractivity contribution >= 4 is 27.3 Å². The van der Waals surface area contributed by atoms with Crippen LogP contribution in [0.15, 0.2) is 34.5 Å². The molecule has 0 spiro atoms. The summed E-state index contributed by atoms with van der Waals surface area (Å²) in [4.78, 5) is 16.4. The molecule has 2 aromatic rings. The number of ether oxygens (including phenoxy) is 1. The zero-order chi connectivity index (χ0) is 20.6. The van der Waals surface area contributed by atoms with Crippen LogP contribution in [0.3, 0.4) is 0 Å². The van der Waals surface area contributed by atoms with Crippen LogP contribution in [-0.4, -0.2) is 56.8 Å². The minimum absolute atomic E-state index is 0.0403. The lowest BCUT2D eigenvalue weighted by Gasteiger charge is -2.34. The molecule has 2 heterocycles. The fourth-order valence-corrected chi connectivity index (χ4v) is 6.72. The Morgan fingerprint density at radius 3 is 2.48 bits per heavy atom. The Balaban J connectivity index is 1.43. The number of benzene rings is 1. The van der Waals surface area contributed by atoms with Gasteiger partial charge in [-0.25, -0.2) is 8.42 Å². The normalized spacial score (nSPS) is 20.3. The lowest BCUT2D eigenvalue weighted by atomic mass is 9.88. The van der Waals surface area contributed by atoms with Crippen LogP contribution in [0.25, 0.3) is 0 Å². The van der Waals surface area contributed by atoms with Crippen LogP contribution in [0, 0.1) is 5.92 Å². The minimum Gasteiger partial charge on any atom is -0.497 e. The zero-order valence-corrected chi connectivity index (χ0v) is 18.4. The first-order valence-corrected chi connectivity index (χ1v) is 12.2. The van der Waals surface area contributed by atoms with Gasteiger partial charge in [-0.05, 0) is 55.0 Å². The molecule has 1 atom stereocenters. The number of sulfonamides is 1. The topological polar surface area (TPSA) is 66.9 Å². The maximum absolute atomic E-state index is 13.1. The molecule has 0 radical (unpaired) electrons. The van der Waals surface area contributed by atoms with Crippen LogP contribution in [0.2, 0.25) is 0 Å². The number of thiophene rings is 1. The lowest BCUT2D eigenvalue weighted by molar-refractivity contribution is 0.0697. The lowest BCUT2D eigenvalue weighted by Crippen LogP contribution is -2.50. The van der Waals surface area contributed by atoms with E-state index >= 15 is 0 Å². The Morgan fingerprint density at radius 1 is 1.14 bits per heavy atom. The largest absolute Gasteiger partial charge is 0.497 e. The molecular formula is C21H26N2O4S2. The van der Waals surface area contributed by atoms with E-state index in [9.17, 15) is 13.2 Å². The summed E-state index contributed by atoms with van der Waals surface area (Å²) in [6.07, 6.45) is 3.14. The fraction of sp³-hybridized carbons (Fsp3) is 0.476. The van der Waals surface area contributed by atoms with E-state index in [1.54, 1.807) is 47.6 Å².